The van der Waals surface area contributed by atoms with E-state index in [9.17, 15) is 19.2 Å². The number of hydrogen-bond acceptors (Lipinski definition) is 11. The molecule has 2 heterocycles. The molecule has 1 saturated heterocycles. The van der Waals surface area contributed by atoms with Crippen LogP contribution in [0.3, 0.4) is 0 Å². The van der Waals surface area contributed by atoms with Crippen LogP contribution in [0, 0.1) is 0 Å². The molecule has 0 N–H and O–H groups in total. The number of fused-ring (bicyclic) bond motifs is 1. The molecule has 11 heteroatoms. The van der Waals surface area contributed by atoms with Crippen LogP contribution in [0.1, 0.15) is 68.2 Å². The smallest absolute Gasteiger partial charge is 0.303 e. The molecule has 2 aromatic rings. The zero-order chi connectivity index (χ0) is 30.4. The van der Waals surface area contributed by atoms with Crippen LogP contribution in [0.25, 0.3) is 0 Å². The van der Waals surface area contributed by atoms with Gasteiger partial charge in [-0.25, -0.2) is 0 Å². The highest BCUT2D eigenvalue weighted by molar-refractivity contribution is 8.03. The number of rotatable bonds is 8. The second kappa shape index (κ2) is 14.4. The Morgan fingerprint density at radius 1 is 0.786 bits per heavy atom. The van der Waals surface area contributed by atoms with Crippen LogP contribution in [-0.4, -0.2) is 66.4 Å². The number of aryl methyl sites for hydroxylation is 1. The fourth-order valence-corrected chi connectivity index (χ4v) is 7.67. The Hall–Kier alpha value is -3.02. The summed E-state index contributed by atoms with van der Waals surface area (Å²) in [7, 11) is 0. The first kappa shape index (κ1) is 31.9. The van der Waals surface area contributed by atoms with Gasteiger partial charge >= 0.3 is 23.9 Å². The molecule has 0 radical (unpaired) electrons. The lowest BCUT2D eigenvalue weighted by molar-refractivity contribution is -0.254. The van der Waals surface area contributed by atoms with Gasteiger partial charge in [0.2, 0.25) is 0 Å². The Morgan fingerprint density at radius 3 is 2.02 bits per heavy atom. The van der Waals surface area contributed by atoms with E-state index in [1.54, 1.807) is 11.8 Å². The van der Waals surface area contributed by atoms with Crippen LogP contribution in [0.4, 0.5) is 0 Å². The highest BCUT2D eigenvalue weighted by Gasteiger charge is 2.52. The third-order valence-corrected chi connectivity index (χ3v) is 9.60. The lowest BCUT2D eigenvalue weighted by atomic mass is 9.89. The van der Waals surface area contributed by atoms with Gasteiger partial charge in [-0.1, -0.05) is 43.3 Å². The van der Waals surface area contributed by atoms with E-state index >= 15 is 0 Å². The van der Waals surface area contributed by atoms with E-state index in [0.29, 0.717) is 5.56 Å². The largest absolute Gasteiger partial charge is 0.463 e. The Bertz CT molecular complexity index is 1300. The first-order valence-electron chi connectivity index (χ1n) is 13.8. The van der Waals surface area contributed by atoms with E-state index in [2.05, 4.69) is 31.2 Å². The molecule has 2 aliphatic heterocycles. The predicted octanol–water partition coefficient (Wildman–Crippen LogP) is 4.98. The van der Waals surface area contributed by atoms with Crippen molar-refractivity contribution < 1.29 is 42.9 Å². The maximum Gasteiger partial charge on any atom is 0.303 e. The van der Waals surface area contributed by atoms with Crippen molar-refractivity contribution in [3.8, 4) is 0 Å². The standard InChI is InChI=1S/C31H36O9S2/c1-6-21-7-9-22(10-8-21)31-24-15-23(11-12-26(24)41-13-14-42-31)27-29(38-19(4)34)30(39-20(5)35)28(37-18(3)33)25(40-27)16-36-17(2)32/h7-12,15,25,27-31H,6,13-14,16H2,1-5H3. The molecule has 0 aliphatic carbocycles. The van der Waals surface area contributed by atoms with E-state index in [1.807, 2.05) is 30.0 Å². The highest BCUT2D eigenvalue weighted by atomic mass is 32.2. The van der Waals surface area contributed by atoms with Crippen LogP contribution in [-0.2, 0) is 49.3 Å². The molecule has 6 unspecified atom stereocenters. The van der Waals surface area contributed by atoms with E-state index < -0.39 is 54.4 Å². The Labute approximate surface area is 254 Å². The molecule has 0 aromatic heterocycles. The van der Waals surface area contributed by atoms with Gasteiger partial charge in [0.1, 0.15) is 18.8 Å². The molecule has 2 aromatic carbocycles. The summed E-state index contributed by atoms with van der Waals surface area (Å²) in [5.74, 6) is -0.580. The summed E-state index contributed by atoms with van der Waals surface area (Å²) >= 11 is 3.64. The first-order chi connectivity index (χ1) is 20.1. The Kier molecular flexibility index (Phi) is 11.0. The quantitative estimate of drug-likeness (QED) is 0.296. The minimum absolute atomic E-state index is 0.0616. The monoisotopic (exact) mass is 616 g/mol. The molecular formula is C31H36O9S2. The van der Waals surface area contributed by atoms with Crippen LogP contribution >= 0.6 is 23.5 Å². The van der Waals surface area contributed by atoms with E-state index in [-0.39, 0.29) is 11.9 Å². The molecule has 42 heavy (non-hydrogen) atoms. The topological polar surface area (TPSA) is 114 Å². The molecular weight excluding hydrogens is 580 g/mol. The number of ether oxygens (including phenoxy) is 5. The normalized spacial score (nSPS) is 25.4. The van der Waals surface area contributed by atoms with Crippen molar-refractivity contribution in [2.45, 2.75) is 81.7 Å². The van der Waals surface area contributed by atoms with Crippen molar-refractivity contribution in [1.82, 2.24) is 0 Å². The van der Waals surface area contributed by atoms with Crippen molar-refractivity contribution in [2.24, 2.45) is 0 Å². The van der Waals surface area contributed by atoms with Gasteiger partial charge in [-0.15, -0.1) is 23.5 Å². The molecule has 4 rings (SSSR count). The van der Waals surface area contributed by atoms with Gasteiger partial charge in [0, 0.05) is 44.1 Å². The number of thioether (sulfide) groups is 2. The second-order valence-corrected chi connectivity index (χ2v) is 12.5. The third-order valence-electron chi connectivity index (χ3n) is 6.95. The average Bonchev–Trinajstić information content (AvgIpc) is 3.15. The highest BCUT2D eigenvalue weighted by Crippen LogP contribution is 2.46. The van der Waals surface area contributed by atoms with Crippen molar-refractivity contribution in [3.63, 3.8) is 0 Å². The fraction of sp³-hybridized carbons (Fsp3) is 0.484. The zero-order valence-corrected chi connectivity index (χ0v) is 26.0. The van der Waals surface area contributed by atoms with E-state index in [4.69, 9.17) is 23.7 Å². The summed E-state index contributed by atoms with van der Waals surface area (Å²) in [4.78, 5) is 49.4. The first-order valence-corrected chi connectivity index (χ1v) is 15.9. The lowest BCUT2D eigenvalue weighted by Crippen LogP contribution is -2.59. The van der Waals surface area contributed by atoms with Crippen molar-refractivity contribution in [2.75, 3.05) is 18.1 Å². The minimum Gasteiger partial charge on any atom is -0.463 e. The molecule has 6 atom stereocenters. The summed E-state index contributed by atoms with van der Waals surface area (Å²) in [6.07, 6.45) is -4.51. The van der Waals surface area contributed by atoms with Gasteiger partial charge in [0.05, 0.1) is 5.25 Å². The summed E-state index contributed by atoms with van der Waals surface area (Å²) < 4.78 is 28.5. The number of benzene rings is 2. The predicted molar refractivity (Wildman–Crippen MR) is 158 cm³/mol. The number of carbonyl (C=O) groups excluding carboxylic acids is 4. The van der Waals surface area contributed by atoms with Crippen molar-refractivity contribution >= 4 is 47.4 Å². The molecule has 1 fully saturated rings. The van der Waals surface area contributed by atoms with Crippen LogP contribution in [0.2, 0.25) is 0 Å². The van der Waals surface area contributed by atoms with Crippen molar-refractivity contribution in [3.05, 3.63) is 64.7 Å². The maximum atomic E-state index is 12.3. The summed E-state index contributed by atoms with van der Waals surface area (Å²) in [6, 6.07) is 14.6. The number of esters is 4. The van der Waals surface area contributed by atoms with Crippen molar-refractivity contribution in [1.29, 1.82) is 0 Å². The molecule has 2 aliphatic rings. The van der Waals surface area contributed by atoms with Gasteiger partial charge in [-0.2, -0.15) is 0 Å². The SMILES string of the molecule is CCc1ccc(C2SCCSc3ccc(C4OC(COC(C)=O)C(OC(C)=O)C(OC(C)=O)C4OC(C)=O)cc32)cc1. The molecule has 0 saturated carbocycles. The molecule has 0 amide bonds. The summed E-state index contributed by atoms with van der Waals surface area (Å²) in [6.45, 7) is 6.77. The molecule has 0 spiro atoms. The van der Waals surface area contributed by atoms with Gasteiger partial charge in [0.15, 0.2) is 18.3 Å². The average molecular weight is 617 g/mol. The maximum absolute atomic E-state index is 12.3. The lowest BCUT2D eigenvalue weighted by Gasteiger charge is -2.44. The Balaban J connectivity index is 1.80. The Morgan fingerprint density at radius 2 is 1.40 bits per heavy atom. The van der Waals surface area contributed by atoms with E-state index in [0.717, 1.165) is 28.4 Å². The molecule has 226 valence electrons. The summed E-state index contributed by atoms with van der Waals surface area (Å²) in [5, 5.41) is 0.0616. The molecule has 0 bridgehead atoms. The van der Waals surface area contributed by atoms with Gasteiger partial charge < -0.3 is 23.7 Å². The van der Waals surface area contributed by atoms with Gasteiger partial charge in [-0.3, -0.25) is 19.2 Å². The van der Waals surface area contributed by atoms with Crippen LogP contribution in [0.5, 0.6) is 0 Å². The molecule has 9 nitrogen and oxygen atoms in total. The summed E-state index contributed by atoms with van der Waals surface area (Å²) in [5.41, 5.74) is 4.22. The zero-order valence-electron chi connectivity index (χ0n) is 24.3. The minimum atomic E-state index is -1.21. The fourth-order valence-electron chi connectivity index (χ4n) is 5.19. The van der Waals surface area contributed by atoms with Gasteiger partial charge in [0.25, 0.3) is 0 Å². The second-order valence-electron chi connectivity index (χ2n) is 10.1. The van der Waals surface area contributed by atoms with Crippen LogP contribution < -0.4 is 0 Å². The van der Waals surface area contributed by atoms with Gasteiger partial charge in [-0.05, 0) is 34.7 Å². The van der Waals surface area contributed by atoms with E-state index in [1.165, 1.54) is 38.8 Å². The van der Waals surface area contributed by atoms with Crippen LogP contribution in [0.15, 0.2) is 47.4 Å². The number of hydrogen-bond donors (Lipinski definition) is 0. The third kappa shape index (κ3) is 7.87. The number of carbonyl (C=O) groups is 4.